The van der Waals surface area contributed by atoms with Gasteiger partial charge in [-0.2, -0.15) is 0 Å². The van der Waals surface area contributed by atoms with Gasteiger partial charge in [0.2, 0.25) is 0 Å². The molecule has 1 aromatic rings. The summed E-state index contributed by atoms with van der Waals surface area (Å²) in [6.45, 7) is 5.79. The molecule has 0 saturated heterocycles. The lowest BCUT2D eigenvalue weighted by Gasteiger charge is -2.40. The van der Waals surface area contributed by atoms with E-state index in [1.807, 2.05) is 24.3 Å². The highest BCUT2D eigenvalue weighted by molar-refractivity contribution is 7.80. The number of carbonyl (C=O) groups is 1. The molecule has 0 radical (unpaired) electrons. The average Bonchev–Trinajstić information content (AvgIpc) is 2.65. The van der Waals surface area contributed by atoms with Crippen molar-refractivity contribution in [2.45, 2.75) is 58.4 Å². The number of carbonyl (C=O) groups excluding carboxylic acids is 1. The molecule has 0 amide bonds. The van der Waals surface area contributed by atoms with Gasteiger partial charge in [0.15, 0.2) is 10.9 Å². The summed E-state index contributed by atoms with van der Waals surface area (Å²) in [5.41, 5.74) is 3.06. The second-order valence-electron chi connectivity index (χ2n) is 6.89. The minimum Gasteiger partial charge on any atom is -0.494 e. The minimum atomic E-state index is -0.151. The van der Waals surface area contributed by atoms with E-state index >= 15 is 0 Å². The van der Waals surface area contributed by atoms with Gasteiger partial charge < -0.3 is 15.0 Å². The Bertz CT molecular complexity index is 696. The highest BCUT2D eigenvalue weighted by atomic mass is 32.1. The number of allylic oxidation sites excluding steroid dienone is 1. The van der Waals surface area contributed by atoms with E-state index in [1.165, 1.54) is 12.8 Å². The molecule has 0 bridgehead atoms. The van der Waals surface area contributed by atoms with Crippen LogP contribution >= 0.6 is 12.2 Å². The van der Waals surface area contributed by atoms with Crippen LogP contribution in [0.4, 0.5) is 0 Å². The van der Waals surface area contributed by atoms with Crippen LogP contribution in [0.1, 0.15) is 64.0 Å². The standard InChI is InChI=1S/C21H28N2O2S/c1-3-5-6-14-25-16-12-10-15(11-13-16)20-19-17(8-7-9-18(19)24)23(4-2)21(26)22-20/h10-13,20H,3-9,14H2,1-2H3,(H,22,26). The fourth-order valence-corrected chi connectivity index (χ4v) is 4.09. The largest absolute Gasteiger partial charge is 0.494 e. The molecule has 140 valence electrons. The van der Waals surface area contributed by atoms with E-state index in [4.69, 9.17) is 17.0 Å². The van der Waals surface area contributed by atoms with Crippen LogP contribution in [0.25, 0.3) is 0 Å². The van der Waals surface area contributed by atoms with Crippen LogP contribution in [0.5, 0.6) is 5.75 Å². The summed E-state index contributed by atoms with van der Waals surface area (Å²) in [6.07, 6.45) is 5.92. The fourth-order valence-electron chi connectivity index (χ4n) is 3.73. The highest BCUT2D eigenvalue weighted by Gasteiger charge is 2.36. The third-order valence-electron chi connectivity index (χ3n) is 5.10. The number of ketones is 1. The molecule has 1 unspecified atom stereocenters. The molecule has 1 N–H and O–H groups in total. The monoisotopic (exact) mass is 372 g/mol. The van der Waals surface area contributed by atoms with Gasteiger partial charge in [0, 0.05) is 24.2 Å². The van der Waals surface area contributed by atoms with Crippen molar-refractivity contribution in [1.29, 1.82) is 0 Å². The Morgan fingerprint density at radius 1 is 1.19 bits per heavy atom. The second-order valence-corrected chi connectivity index (χ2v) is 7.28. The number of rotatable bonds is 7. The molecule has 4 nitrogen and oxygen atoms in total. The van der Waals surface area contributed by atoms with E-state index in [0.717, 1.165) is 55.0 Å². The van der Waals surface area contributed by atoms with Gasteiger partial charge in [0.05, 0.1) is 12.6 Å². The van der Waals surface area contributed by atoms with Crippen molar-refractivity contribution in [3.8, 4) is 5.75 Å². The lowest BCUT2D eigenvalue weighted by molar-refractivity contribution is -0.116. The Labute approximate surface area is 161 Å². The highest BCUT2D eigenvalue weighted by Crippen LogP contribution is 2.37. The number of ether oxygens (including phenoxy) is 1. The smallest absolute Gasteiger partial charge is 0.173 e. The van der Waals surface area contributed by atoms with Gasteiger partial charge in [0.1, 0.15) is 5.75 Å². The molecule has 1 aliphatic heterocycles. The van der Waals surface area contributed by atoms with E-state index in [1.54, 1.807) is 0 Å². The van der Waals surface area contributed by atoms with Crippen molar-refractivity contribution in [3.05, 3.63) is 41.1 Å². The normalized spacial score (nSPS) is 20.1. The summed E-state index contributed by atoms with van der Waals surface area (Å²) in [6, 6.07) is 7.92. The van der Waals surface area contributed by atoms with Crippen molar-refractivity contribution in [2.24, 2.45) is 0 Å². The van der Waals surface area contributed by atoms with Gasteiger partial charge >= 0.3 is 0 Å². The molecular formula is C21H28N2O2S. The molecule has 1 atom stereocenters. The van der Waals surface area contributed by atoms with Crippen molar-refractivity contribution in [3.63, 3.8) is 0 Å². The number of nitrogens with zero attached hydrogens (tertiary/aromatic N) is 1. The Kier molecular flexibility index (Phi) is 6.30. The predicted octanol–water partition coefficient (Wildman–Crippen LogP) is 4.51. The maximum absolute atomic E-state index is 12.7. The summed E-state index contributed by atoms with van der Waals surface area (Å²) in [5, 5.41) is 4.09. The molecule has 1 aliphatic carbocycles. The first kappa shape index (κ1) is 18.9. The fraction of sp³-hybridized carbons (Fsp3) is 0.524. The Balaban J connectivity index is 1.81. The van der Waals surface area contributed by atoms with E-state index in [0.29, 0.717) is 11.5 Å². The predicted molar refractivity (Wildman–Crippen MR) is 108 cm³/mol. The van der Waals surface area contributed by atoms with Gasteiger partial charge in [-0.15, -0.1) is 0 Å². The van der Waals surface area contributed by atoms with Gasteiger partial charge in [-0.1, -0.05) is 31.9 Å². The first-order valence-corrected chi connectivity index (χ1v) is 10.1. The molecule has 2 aliphatic rings. The van der Waals surface area contributed by atoms with Crippen LogP contribution < -0.4 is 10.1 Å². The van der Waals surface area contributed by atoms with Gasteiger partial charge in [0.25, 0.3) is 0 Å². The van der Waals surface area contributed by atoms with E-state index in [-0.39, 0.29) is 11.8 Å². The average molecular weight is 373 g/mol. The quantitative estimate of drug-likeness (QED) is 0.563. The molecule has 1 heterocycles. The number of thiocarbonyl (C=S) groups is 1. The lowest BCUT2D eigenvalue weighted by Crippen LogP contribution is -2.49. The topological polar surface area (TPSA) is 41.6 Å². The Morgan fingerprint density at radius 2 is 1.96 bits per heavy atom. The molecule has 0 spiro atoms. The summed E-state index contributed by atoms with van der Waals surface area (Å²) in [7, 11) is 0. The zero-order chi connectivity index (χ0) is 18.5. The first-order valence-electron chi connectivity index (χ1n) is 9.72. The SMILES string of the molecule is CCCCCOc1ccc(C2NC(=S)N(CC)C3=C2C(=O)CCC3)cc1. The summed E-state index contributed by atoms with van der Waals surface area (Å²) >= 11 is 5.56. The summed E-state index contributed by atoms with van der Waals surface area (Å²) in [4.78, 5) is 14.7. The van der Waals surface area contributed by atoms with E-state index in [2.05, 4.69) is 24.1 Å². The van der Waals surface area contributed by atoms with Crippen LogP contribution in [0.2, 0.25) is 0 Å². The van der Waals surface area contributed by atoms with Crippen LogP contribution in [0.3, 0.4) is 0 Å². The van der Waals surface area contributed by atoms with Crippen molar-refractivity contribution >= 4 is 23.1 Å². The van der Waals surface area contributed by atoms with Crippen LogP contribution in [0, 0.1) is 0 Å². The molecule has 0 saturated carbocycles. The third kappa shape index (κ3) is 3.93. The lowest BCUT2D eigenvalue weighted by atomic mass is 9.85. The summed E-state index contributed by atoms with van der Waals surface area (Å²) in [5.74, 6) is 1.12. The number of Topliss-reactive ketones (excluding diaryl/α,β-unsaturated/α-hetero) is 1. The van der Waals surface area contributed by atoms with Gasteiger partial charge in [-0.3, -0.25) is 4.79 Å². The molecule has 1 aromatic carbocycles. The molecular weight excluding hydrogens is 344 g/mol. The number of hydrogen-bond donors (Lipinski definition) is 1. The molecule has 0 fully saturated rings. The summed E-state index contributed by atoms with van der Waals surface area (Å²) < 4.78 is 5.80. The molecule has 5 heteroatoms. The van der Waals surface area contributed by atoms with Gasteiger partial charge in [-0.25, -0.2) is 0 Å². The van der Waals surface area contributed by atoms with Crippen LogP contribution in [-0.4, -0.2) is 28.9 Å². The zero-order valence-corrected chi connectivity index (χ0v) is 16.5. The van der Waals surface area contributed by atoms with Crippen molar-refractivity contribution in [1.82, 2.24) is 10.2 Å². The first-order chi connectivity index (χ1) is 12.7. The zero-order valence-electron chi connectivity index (χ0n) is 15.7. The Hall–Kier alpha value is -1.88. The maximum atomic E-state index is 12.7. The molecule has 0 aromatic heterocycles. The van der Waals surface area contributed by atoms with Crippen LogP contribution in [-0.2, 0) is 4.79 Å². The maximum Gasteiger partial charge on any atom is 0.173 e. The van der Waals surface area contributed by atoms with Crippen molar-refractivity contribution < 1.29 is 9.53 Å². The van der Waals surface area contributed by atoms with Crippen LogP contribution in [0.15, 0.2) is 35.5 Å². The number of nitrogens with one attached hydrogen (secondary N) is 1. The van der Waals surface area contributed by atoms with Gasteiger partial charge in [-0.05, 0) is 56.1 Å². The minimum absolute atomic E-state index is 0.151. The number of benzene rings is 1. The second kappa shape index (κ2) is 8.67. The van der Waals surface area contributed by atoms with E-state index < -0.39 is 0 Å². The molecule has 3 rings (SSSR count). The van der Waals surface area contributed by atoms with E-state index in [9.17, 15) is 4.79 Å². The third-order valence-corrected chi connectivity index (χ3v) is 5.44. The Morgan fingerprint density at radius 3 is 2.65 bits per heavy atom. The number of hydrogen-bond acceptors (Lipinski definition) is 3. The number of unbranched alkanes of at least 4 members (excludes halogenated alkanes) is 2. The molecule has 26 heavy (non-hydrogen) atoms. The van der Waals surface area contributed by atoms with Crippen molar-refractivity contribution in [2.75, 3.05) is 13.2 Å².